The first kappa shape index (κ1) is 87.2. The van der Waals surface area contributed by atoms with Crippen LogP contribution in [0.2, 0.25) is 0 Å². The van der Waals surface area contributed by atoms with Crippen LogP contribution in [0.1, 0.15) is 0 Å². The van der Waals surface area contributed by atoms with Crippen molar-refractivity contribution in [3.8, 4) is 0 Å². The first-order valence-electron chi connectivity index (χ1n) is 1.33. The molecule has 0 amide bonds. The minimum atomic E-state index is -5.17. The Morgan fingerprint density at radius 1 is 0.474 bits per heavy atom. The Hall–Kier alpha value is 1.34. The van der Waals surface area contributed by atoms with E-state index in [4.69, 9.17) is 35.0 Å². The number of hydrogen-bond acceptors (Lipinski definition) is 8. The zero-order valence-electron chi connectivity index (χ0n) is 9.00. The zero-order valence-corrected chi connectivity index (χ0v) is 15.8. The van der Waals surface area contributed by atoms with Gasteiger partial charge in [0.2, 0.25) is 0 Å². The largest absolute Gasteiger partial charge is 2.00 e. The quantitative estimate of drug-likeness (QED) is 0.203. The molecule has 0 atom stereocenters. The Kier molecular flexibility index (Phi) is 168. The van der Waals surface area contributed by atoms with Crippen LogP contribution in [0.15, 0.2) is 0 Å². The van der Waals surface area contributed by atoms with Crippen molar-refractivity contribution in [2.75, 3.05) is 0 Å². The molecular weight excluding hydrogens is 410 g/mol. The molecule has 0 aromatic heterocycles. The Bertz CT molecular complexity index is 217. The molecule has 0 bridgehead atoms. The summed E-state index contributed by atoms with van der Waals surface area (Å²) in [4.78, 5) is 0. The normalized spacial score (nSPS) is 6.11. The fourth-order valence-electron chi connectivity index (χ4n) is 0. The fraction of sp³-hybridized carbons (Fsp3) is 0. The van der Waals surface area contributed by atoms with Gasteiger partial charge in [-0.3, -0.25) is 16.8 Å². The maximum Gasteiger partial charge on any atom is 2.00 e. The van der Waals surface area contributed by atoms with Gasteiger partial charge in [-0.05, 0) is 0 Å². The predicted octanol–water partition coefficient (Wildman–Crippen LogP) is -8.83. The van der Waals surface area contributed by atoms with Gasteiger partial charge in [0.15, 0.2) is 0 Å². The van der Waals surface area contributed by atoms with Crippen molar-refractivity contribution < 1.29 is 92.9 Å². The standard InChI is InChI=1S/Ca.2H2O4S.7H2O.Zn/c;2*1-5(2,3)4;;;;;;;;/h;2*(H2,1,2,3,4);7*1H2;/q+2;;;;;;;;;;+2/p-4. The van der Waals surface area contributed by atoms with E-state index in [0.717, 1.165) is 0 Å². The molecule has 0 saturated heterocycles. The molecule has 120 valence electrons. The predicted molar refractivity (Wildman–Crippen MR) is 52.0 cm³/mol. The van der Waals surface area contributed by atoms with Crippen LogP contribution in [0.4, 0.5) is 0 Å². The van der Waals surface area contributed by atoms with Crippen molar-refractivity contribution in [1.82, 2.24) is 0 Å². The van der Waals surface area contributed by atoms with Gasteiger partial charge in [-0.2, -0.15) is 0 Å². The molecule has 0 unspecified atom stereocenters. The number of hydrogen-bond donors (Lipinski definition) is 0. The molecule has 0 aromatic carbocycles. The van der Waals surface area contributed by atoms with Crippen molar-refractivity contribution in [2.24, 2.45) is 0 Å². The van der Waals surface area contributed by atoms with Gasteiger partial charge in [-0.1, -0.05) is 0 Å². The van der Waals surface area contributed by atoms with Crippen LogP contribution in [0.5, 0.6) is 0 Å². The van der Waals surface area contributed by atoms with Crippen LogP contribution in [0, 0.1) is 0 Å². The van der Waals surface area contributed by atoms with Crippen LogP contribution < -0.4 is 0 Å². The van der Waals surface area contributed by atoms with Crippen LogP contribution >= 0.6 is 0 Å². The third kappa shape index (κ3) is 3230. The molecule has 0 aliphatic rings. The first-order chi connectivity index (χ1) is 4.00. The second-order valence-electron chi connectivity index (χ2n) is 0.816. The first-order valence-corrected chi connectivity index (χ1v) is 4.00. The van der Waals surface area contributed by atoms with Gasteiger partial charge in [0.1, 0.15) is 0 Å². The van der Waals surface area contributed by atoms with Gasteiger partial charge in [0.05, 0.1) is 0 Å². The molecule has 0 aromatic rings. The number of rotatable bonds is 0. The van der Waals surface area contributed by atoms with E-state index < -0.39 is 20.8 Å². The van der Waals surface area contributed by atoms with Gasteiger partial charge >= 0.3 is 57.2 Å². The van der Waals surface area contributed by atoms with Crippen molar-refractivity contribution >= 4 is 58.5 Å². The Labute approximate surface area is 150 Å². The SMILES string of the molecule is O.O.O.O.O.O.O.O=S(=O)([O-])[O-].O=S(=O)([O-])[O-].[Ca+2].[Zn+2]. The van der Waals surface area contributed by atoms with E-state index >= 15 is 0 Å². The molecule has 0 aliphatic carbocycles. The average molecular weight is 424 g/mol. The summed E-state index contributed by atoms with van der Waals surface area (Å²) in [5.41, 5.74) is 0. The molecule has 14 N–H and O–H groups in total. The summed E-state index contributed by atoms with van der Waals surface area (Å²) in [5.74, 6) is 0. The third-order valence-electron chi connectivity index (χ3n) is 0. The summed E-state index contributed by atoms with van der Waals surface area (Å²) >= 11 is 0. The van der Waals surface area contributed by atoms with Crippen molar-refractivity contribution in [3.05, 3.63) is 0 Å². The summed E-state index contributed by atoms with van der Waals surface area (Å²) in [6.45, 7) is 0. The maximum absolute atomic E-state index is 8.52. The molecule has 0 aliphatic heterocycles. The molecule has 0 fully saturated rings. The molecule has 19 heavy (non-hydrogen) atoms. The second-order valence-corrected chi connectivity index (χ2v) is 2.45. The molecule has 19 heteroatoms. The van der Waals surface area contributed by atoms with Crippen LogP contribution in [-0.4, -0.2) is 111 Å². The average Bonchev–Trinajstić information content (AvgIpc) is 1.12. The van der Waals surface area contributed by atoms with Gasteiger partial charge < -0.3 is 56.5 Å². The van der Waals surface area contributed by atoms with E-state index in [1.807, 2.05) is 0 Å². The summed E-state index contributed by atoms with van der Waals surface area (Å²) < 4.78 is 68.2. The summed E-state index contributed by atoms with van der Waals surface area (Å²) in [6.07, 6.45) is 0. The molecule has 0 rings (SSSR count). The van der Waals surface area contributed by atoms with Gasteiger partial charge in [0, 0.05) is 20.8 Å². The summed E-state index contributed by atoms with van der Waals surface area (Å²) in [7, 11) is -10.3. The minimum absolute atomic E-state index is 0. The van der Waals surface area contributed by atoms with E-state index in [-0.39, 0.29) is 95.5 Å². The van der Waals surface area contributed by atoms with E-state index in [0.29, 0.717) is 0 Å². The van der Waals surface area contributed by atoms with Crippen LogP contribution in [0.25, 0.3) is 0 Å². The van der Waals surface area contributed by atoms with Gasteiger partial charge in [-0.25, -0.2) is 0 Å². The van der Waals surface area contributed by atoms with E-state index in [2.05, 4.69) is 0 Å². The summed E-state index contributed by atoms with van der Waals surface area (Å²) in [5, 5.41) is 0. The maximum atomic E-state index is 8.52. The molecular formula is H14CaO15S2Zn. The minimum Gasteiger partial charge on any atom is -0.759 e. The van der Waals surface area contributed by atoms with E-state index in [1.54, 1.807) is 0 Å². The zero-order chi connectivity index (χ0) is 9.00. The van der Waals surface area contributed by atoms with E-state index in [1.165, 1.54) is 0 Å². The van der Waals surface area contributed by atoms with E-state index in [9.17, 15) is 0 Å². The van der Waals surface area contributed by atoms with Crippen molar-refractivity contribution in [3.63, 3.8) is 0 Å². The smallest absolute Gasteiger partial charge is 0.759 e. The monoisotopic (exact) mass is 422 g/mol. The second kappa shape index (κ2) is 36.6. The van der Waals surface area contributed by atoms with Crippen LogP contribution in [-0.2, 0) is 40.3 Å². The molecule has 0 radical (unpaired) electrons. The van der Waals surface area contributed by atoms with Crippen molar-refractivity contribution in [2.45, 2.75) is 0 Å². The molecule has 0 saturated carbocycles. The third-order valence-corrected chi connectivity index (χ3v) is 0. The molecule has 0 heterocycles. The summed E-state index contributed by atoms with van der Waals surface area (Å²) in [6, 6.07) is 0. The van der Waals surface area contributed by atoms with Gasteiger partial charge in [0.25, 0.3) is 0 Å². The Morgan fingerprint density at radius 2 is 0.474 bits per heavy atom. The Balaban J connectivity index is -0.00000000508. The molecule has 0 spiro atoms. The fourth-order valence-corrected chi connectivity index (χ4v) is 0. The van der Waals surface area contributed by atoms with Crippen LogP contribution in [0.3, 0.4) is 0 Å². The Morgan fingerprint density at radius 3 is 0.474 bits per heavy atom. The van der Waals surface area contributed by atoms with Crippen molar-refractivity contribution in [1.29, 1.82) is 0 Å². The molecule has 15 nitrogen and oxygen atoms in total. The topological polar surface area (TPSA) is 381 Å². The van der Waals surface area contributed by atoms with Gasteiger partial charge in [-0.15, -0.1) is 0 Å².